The lowest BCUT2D eigenvalue weighted by molar-refractivity contribution is 0.254. The maximum absolute atomic E-state index is 5.57. The number of rotatable bonds is 8. The molecule has 5 heteroatoms. The third-order valence-corrected chi connectivity index (χ3v) is 2.98. The van der Waals surface area contributed by atoms with E-state index in [1.165, 1.54) is 5.56 Å². The van der Waals surface area contributed by atoms with Crippen molar-refractivity contribution in [1.29, 1.82) is 0 Å². The Morgan fingerprint density at radius 2 is 2.22 bits per heavy atom. The average Bonchev–Trinajstić information content (AvgIpc) is 2.67. The van der Waals surface area contributed by atoms with Crippen molar-refractivity contribution in [3.63, 3.8) is 0 Å². The highest BCUT2D eigenvalue weighted by atomic mass is 32.1. The van der Waals surface area contributed by atoms with Crippen LogP contribution in [0, 0.1) is 5.92 Å². The molecule has 1 aromatic heterocycles. The molecule has 0 aromatic carbocycles. The normalized spacial score (nSPS) is 11.4. The zero-order valence-corrected chi connectivity index (χ0v) is 12.4. The lowest BCUT2D eigenvalue weighted by atomic mass is 10.1. The summed E-state index contributed by atoms with van der Waals surface area (Å²) in [6.45, 7) is 7.54. The molecule has 0 bridgehead atoms. The molecule has 4 nitrogen and oxygen atoms in total. The van der Waals surface area contributed by atoms with Gasteiger partial charge in [-0.05, 0) is 17.9 Å². The van der Waals surface area contributed by atoms with Crippen LogP contribution < -0.4 is 5.73 Å². The topological polar surface area (TPSA) is 47.1 Å². The lowest BCUT2D eigenvalue weighted by Gasteiger charge is -2.23. The Kier molecular flexibility index (Phi) is 6.29. The molecule has 0 saturated heterocycles. The van der Waals surface area contributed by atoms with Gasteiger partial charge in [-0.15, -0.1) is 0 Å². The number of nitrogens with two attached hydrogens (primary N) is 1. The predicted octanol–water partition coefficient (Wildman–Crippen LogP) is 1.60. The Bertz CT molecular complexity index is 373. The van der Waals surface area contributed by atoms with Crippen LogP contribution in [0.4, 0.5) is 0 Å². The van der Waals surface area contributed by atoms with Gasteiger partial charge >= 0.3 is 0 Å². The minimum atomic E-state index is 0.602. The number of hydrogen-bond acceptors (Lipinski definition) is 3. The molecule has 102 valence electrons. The number of nitrogens with zero attached hydrogens (tertiary/aromatic N) is 3. The van der Waals surface area contributed by atoms with Crippen LogP contribution in [0.25, 0.3) is 0 Å². The molecule has 0 radical (unpaired) electrons. The molecule has 1 rings (SSSR count). The number of thiocarbonyl (C=S) groups is 1. The van der Waals surface area contributed by atoms with Crippen molar-refractivity contribution in [3.8, 4) is 0 Å². The van der Waals surface area contributed by atoms with Crippen LogP contribution in [0.5, 0.6) is 0 Å². The molecule has 0 fully saturated rings. The third-order valence-electron chi connectivity index (χ3n) is 2.77. The molecule has 0 unspecified atom stereocenters. The Labute approximate surface area is 115 Å². The van der Waals surface area contributed by atoms with Crippen molar-refractivity contribution in [2.24, 2.45) is 18.7 Å². The highest BCUT2D eigenvalue weighted by molar-refractivity contribution is 7.80. The molecule has 0 amide bonds. The van der Waals surface area contributed by atoms with Gasteiger partial charge in [-0.2, -0.15) is 5.10 Å². The largest absolute Gasteiger partial charge is 0.393 e. The molecular weight excluding hydrogens is 244 g/mol. The Morgan fingerprint density at radius 3 is 2.72 bits per heavy atom. The van der Waals surface area contributed by atoms with Gasteiger partial charge in [0.05, 0.1) is 11.2 Å². The van der Waals surface area contributed by atoms with Gasteiger partial charge in [-0.25, -0.2) is 0 Å². The van der Waals surface area contributed by atoms with E-state index >= 15 is 0 Å². The number of aromatic nitrogens is 2. The van der Waals surface area contributed by atoms with E-state index in [9.17, 15) is 0 Å². The van der Waals surface area contributed by atoms with E-state index in [0.717, 1.165) is 32.5 Å². The van der Waals surface area contributed by atoms with Gasteiger partial charge in [-0.1, -0.05) is 26.1 Å². The zero-order valence-electron chi connectivity index (χ0n) is 11.6. The summed E-state index contributed by atoms with van der Waals surface area (Å²) in [5.74, 6) is 0.658. The van der Waals surface area contributed by atoms with Crippen molar-refractivity contribution in [1.82, 2.24) is 14.7 Å². The molecular formula is C13H24N4S. The third kappa shape index (κ3) is 6.12. The second-order valence-electron chi connectivity index (χ2n) is 5.18. The Balaban J connectivity index is 2.42. The minimum Gasteiger partial charge on any atom is -0.393 e. The first-order valence-electron chi connectivity index (χ1n) is 6.45. The summed E-state index contributed by atoms with van der Waals surface area (Å²) in [4.78, 5) is 3.03. The predicted molar refractivity (Wildman–Crippen MR) is 79.6 cm³/mol. The van der Waals surface area contributed by atoms with Crippen molar-refractivity contribution in [3.05, 3.63) is 18.0 Å². The summed E-state index contributed by atoms with van der Waals surface area (Å²) in [6, 6.07) is 0. The first kappa shape index (κ1) is 15.1. The molecule has 0 aliphatic heterocycles. The van der Waals surface area contributed by atoms with Gasteiger partial charge in [0.25, 0.3) is 0 Å². The Morgan fingerprint density at radius 1 is 1.50 bits per heavy atom. The van der Waals surface area contributed by atoms with Crippen LogP contribution in [0.2, 0.25) is 0 Å². The SMILES string of the molecule is CC(C)CN(CCC(N)=S)CCc1cnn(C)c1. The molecule has 18 heavy (non-hydrogen) atoms. The van der Waals surface area contributed by atoms with Crippen LogP contribution >= 0.6 is 12.2 Å². The van der Waals surface area contributed by atoms with E-state index in [0.29, 0.717) is 10.9 Å². The summed E-state index contributed by atoms with van der Waals surface area (Å²) >= 11 is 4.95. The van der Waals surface area contributed by atoms with Gasteiger partial charge in [0.1, 0.15) is 0 Å². The highest BCUT2D eigenvalue weighted by Crippen LogP contribution is 2.04. The molecule has 1 heterocycles. The van der Waals surface area contributed by atoms with Gasteiger partial charge in [0.15, 0.2) is 0 Å². The first-order chi connectivity index (χ1) is 8.47. The maximum Gasteiger partial charge on any atom is 0.0740 e. The first-order valence-corrected chi connectivity index (χ1v) is 6.86. The summed E-state index contributed by atoms with van der Waals surface area (Å²) in [6.07, 6.45) is 5.83. The molecule has 0 aliphatic rings. The zero-order chi connectivity index (χ0) is 13.5. The molecule has 0 saturated carbocycles. The minimum absolute atomic E-state index is 0.602. The second-order valence-corrected chi connectivity index (χ2v) is 5.71. The summed E-state index contributed by atoms with van der Waals surface area (Å²) in [5.41, 5.74) is 6.85. The highest BCUT2D eigenvalue weighted by Gasteiger charge is 2.08. The quantitative estimate of drug-likeness (QED) is 0.728. The Hall–Kier alpha value is -0.940. The lowest BCUT2D eigenvalue weighted by Crippen LogP contribution is -2.32. The second kappa shape index (κ2) is 7.48. The molecule has 0 aliphatic carbocycles. The fourth-order valence-electron chi connectivity index (χ4n) is 1.97. The number of hydrogen-bond donors (Lipinski definition) is 1. The van der Waals surface area contributed by atoms with Gasteiger partial charge in [0, 0.05) is 39.3 Å². The summed E-state index contributed by atoms with van der Waals surface area (Å²) < 4.78 is 1.84. The van der Waals surface area contributed by atoms with Crippen LogP contribution in [0.15, 0.2) is 12.4 Å². The smallest absolute Gasteiger partial charge is 0.0740 e. The molecule has 2 N–H and O–H groups in total. The van der Waals surface area contributed by atoms with E-state index in [4.69, 9.17) is 18.0 Å². The molecule has 0 atom stereocenters. The average molecular weight is 268 g/mol. The van der Waals surface area contributed by atoms with E-state index in [2.05, 4.69) is 30.0 Å². The van der Waals surface area contributed by atoms with Crippen LogP contribution in [-0.2, 0) is 13.5 Å². The van der Waals surface area contributed by atoms with Crippen molar-refractivity contribution in [2.75, 3.05) is 19.6 Å². The standard InChI is InChI=1S/C13H24N4S/c1-11(2)9-17(7-5-13(14)18)6-4-12-8-15-16(3)10-12/h8,10-11H,4-7,9H2,1-3H3,(H2,14,18). The maximum atomic E-state index is 5.57. The van der Waals surface area contributed by atoms with Gasteiger partial charge in [-0.3, -0.25) is 4.68 Å². The van der Waals surface area contributed by atoms with E-state index in [-0.39, 0.29) is 0 Å². The van der Waals surface area contributed by atoms with Crippen molar-refractivity contribution in [2.45, 2.75) is 26.7 Å². The molecule has 0 spiro atoms. The fraction of sp³-hybridized carbons (Fsp3) is 0.692. The van der Waals surface area contributed by atoms with E-state index < -0.39 is 0 Å². The summed E-state index contributed by atoms with van der Waals surface area (Å²) in [5, 5.41) is 4.19. The van der Waals surface area contributed by atoms with Crippen molar-refractivity contribution >= 4 is 17.2 Å². The number of aryl methyl sites for hydroxylation is 1. The monoisotopic (exact) mass is 268 g/mol. The molecule has 1 aromatic rings. The fourth-order valence-corrected chi connectivity index (χ4v) is 2.06. The van der Waals surface area contributed by atoms with Gasteiger partial charge < -0.3 is 10.6 Å². The van der Waals surface area contributed by atoms with Crippen LogP contribution in [-0.4, -0.2) is 39.3 Å². The van der Waals surface area contributed by atoms with E-state index in [1.54, 1.807) is 0 Å². The van der Waals surface area contributed by atoms with Crippen LogP contribution in [0.1, 0.15) is 25.8 Å². The van der Waals surface area contributed by atoms with Crippen LogP contribution in [0.3, 0.4) is 0 Å². The van der Waals surface area contributed by atoms with Crippen molar-refractivity contribution < 1.29 is 0 Å². The summed E-state index contributed by atoms with van der Waals surface area (Å²) in [7, 11) is 1.95. The van der Waals surface area contributed by atoms with Gasteiger partial charge in [0.2, 0.25) is 0 Å². The van der Waals surface area contributed by atoms with E-state index in [1.807, 2.05) is 17.9 Å².